The molecule has 24 heavy (non-hydrogen) atoms. The van der Waals surface area contributed by atoms with Gasteiger partial charge in [0, 0.05) is 17.7 Å². The van der Waals surface area contributed by atoms with Crippen molar-refractivity contribution in [3.8, 4) is 17.2 Å². The number of halogens is 1. The lowest BCUT2D eigenvalue weighted by Gasteiger charge is -2.12. The van der Waals surface area contributed by atoms with Gasteiger partial charge in [-0.05, 0) is 24.3 Å². The van der Waals surface area contributed by atoms with E-state index in [1.807, 2.05) is 0 Å². The molecule has 126 valence electrons. The molecule has 0 heterocycles. The largest absolute Gasteiger partial charge is 0.496 e. The standard InChI is InChI=1S/C17H17FN2O4/c1-22-13-8-15(23-2)14(16(9-13)24-3)10-19-20-17(21)11-4-6-12(18)7-5-11/h4-10H,1-3H3,(H,20,21)/b19-10-. The zero-order valence-corrected chi connectivity index (χ0v) is 13.5. The number of hydrogen-bond donors (Lipinski definition) is 1. The zero-order chi connectivity index (χ0) is 17.5. The molecule has 0 unspecified atom stereocenters. The molecule has 0 aliphatic rings. The average Bonchev–Trinajstić information content (AvgIpc) is 2.61. The minimum Gasteiger partial charge on any atom is -0.496 e. The first kappa shape index (κ1) is 17.3. The van der Waals surface area contributed by atoms with Crippen molar-refractivity contribution in [1.82, 2.24) is 5.43 Å². The Morgan fingerprint density at radius 3 is 2.12 bits per heavy atom. The first-order valence-corrected chi connectivity index (χ1v) is 6.98. The van der Waals surface area contributed by atoms with E-state index in [-0.39, 0.29) is 0 Å². The fourth-order valence-corrected chi connectivity index (χ4v) is 1.98. The highest BCUT2D eigenvalue weighted by Crippen LogP contribution is 2.32. The zero-order valence-electron chi connectivity index (χ0n) is 13.5. The van der Waals surface area contributed by atoms with Gasteiger partial charge in [-0.15, -0.1) is 0 Å². The quantitative estimate of drug-likeness (QED) is 0.652. The minimum absolute atomic E-state index is 0.294. The van der Waals surface area contributed by atoms with Crippen LogP contribution in [0.1, 0.15) is 15.9 Å². The first-order chi connectivity index (χ1) is 11.6. The van der Waals surface area contributed by atoms with Gasteiger partial charge < -0.3 is 14.2 Å². The Kier molecular flexibility index (Phi) is 5.73. The van der Waals surface area contributed by atoms with Gasteiger partial charge >= 0.3 is 0 Å². The highest BCUT2D eigenvalue weighted by atomic mass is 19.1. The van der Waals surface area contributed by atoms with Crippen LogP contribution in [-0.4, -0.2) is 33.5 Å². The third-order valence-electron chi connectivity index (χ3n) is 3.22. The summed E-state index contributed by atoms with van der Waals surface area (Å²) in [6.45, 7) is 0. The van der Waals surface area contributed by atoms with Gasteiger partial charge in [-0.1, -0.05) is 0 Å². The molecule has 2 rings (SSSR count). The Bertz CT molecular complexity index is 720. The molecule has 7 heteroatoms. The lowest BCUT2D eigenvalue weighted by atomic mass is 10.2. The van der Waals surface area contributed by atoms with Gasteiger partial charge in [0.25, 0.3) is 5.91 Å². The number of nitrogens with zero attached hydrogens (tertiary/aromatic N) is 1. The Balaban J connectivity index is 2.19. The Labute approximate surface area is 138 Å². The van der Waals surface area contributed by atoms with E-state index >= 15 is 0 Å². The molecule has 1 N–H and O–H groups in total. The Morgan fingerprint density at radius 2 is 1.62 bits per heavy atom. The van der Waals surface area contributed by atoms with Crippen molar-refractivity contribution in [3.63, 3.8) is 0 Å². The van der Waals surface area contributed by atoms with Crippen LogP contribution in [0.5, 0.6) is 17.2 Å². The van der Waals surface area contributed by atoms with Gasteiger partial charge in [0.2, 0.25) is 0 Å². The van der Waals surface area contributed by atoms with Gasteiger partial charge in [0.05, 0.1) is 33.1 Å². The normalized spacial score (nSPS) is 10.5. The summed E-state index contributed by atoms with van der Waals surface area (Å²) in [5, 5.41) is 3.89. The number of nitrogens with one attached hydrogen (secondary N) is 1. The number of amides is 1. The van der Waals surface area contributed by atoms with E-state index < -0.39 is 11.7 Å². The molecular formula is C17H17FN2O4. The van der Waals surface area contributed by atoms with Crippen molar-refractivity contribution in [2.45, 2.75) is 0 Å². The van der Waals surface area contributed by atoms with Crippen LogP contribution in [0.4, 0.5) is 4.39 Å². The maximum atomic E-state index is 12.9. The lowest BCUT2D eigenvalue weighted by Crippen LogP contribution is -2.17. The van der Waals surface area contributed by atoms with Crippen molar-refractivity contribution in [1.29, 1.82) is 0 Å². The van der Waals surface area contributed by atoms with Crippen molar-refractivity contribution in [3.05, 3.63) is 53.3 Å². The average molecular weight is 332 g/mol. The number of benzene rings is 2. The lowest BCUT2D eigenvalue weighted by molar-refractivity contribution is 0.0955. The van der Waals surface area contributed by atoms with Crippen molar-refractivity contribution < 1.29 is 23.4 Å². The number of hydrazone groups is 1. The van der Waals surface area contributed by atoms with Crippen LogP contribution in [0, 0.1) is 5.82 Å². The molecular weight excluding hydrogens is 315 g/mol. The molecule has 0 aliphatic carbocycles. The number of hydrogen-bond acceptors (Lipinski definition) is 5. The summed E-state index contributed by atoms with van der Waals surface area (Å²) < 4.78 is 28.6. The summed E-state index contributed by atoms with van der Waals surface area (Å²) >= 11 is 0. The molecule has 0 aliphatic heterocycles. The molecule has 6 nitrogen and oxygen atoms in total. The number of carbonyl (C=O) groups excluding carboxylic acids is 1. The van der Waals surface area contributed by atoms with Crippen molar-refractivity contribution in [2.24, 2.45) is 5.10 Å². The predicted molar refractivity (Wildman–Crippen MR) is 87.6 cm³/mol. The second-order valence-corrected chi connectivity index (χ2v) is 4.65. The van der Waals surface area contributed by atoms with Crippen molar-refractivity contribution >= 4 is 12.1 Å². The smallest absolute Gasteiger partial charge is 0.271 e. The SMILES string of the molecule is COc1cc(OC)c(/C=N\NC(=O)c2ccc(F)cc2)c(OC)c1. The van der Waals surface area contributed by atoms with Crippen LogP contribution in [0.2, 0.25) is 0 Å². The molecule has 0 radical (unpaired) electrons. The fourth-order valence-electron chi connectivity index (χ4n) is 1.98. The van der Waals surface area contributed by atoms with Crippen LogP contribution in [-0.2, 0) is 0 Å². The molecule has 0 saturated heterocycles. The molecule has 0 saturated carbocycles. The van der Waals surface area contributed by atoms with E-state index in [0.29, 0.717) is 28.4 Å². The maximum Gasteiger partial charge on any atom is 0.271 e. The minimum atomic E-state index is -0.460. The number of rotatable bonds is 6. The molecule has 0 atom stereocenters. The summed E-state index contributed by atoms with van der Waals surface area (Å²) in [4.78, 5) is 11.9. The van der Waals surface area contributed by atoms with Gasteiger partial charge in [0.15, 0.2) is 0 Å². The third-order valence-corrected chi connectivity index (χ3v) is 3.22. The summed E-state index contributed by atoms with van der Waals surface area (Å²) in [5.74, 6) is 0.647. The Hall–Kier alpha value is -3.09. The van der Waals surface area contributed by atoms with Gasteiger partial charge in [-0.25, -0.2) is 9.82 Å². The van der Waals surface area contributed by atoms with Gasteiger partial charge in [0.1, 0.15) is 23.1 Å². The summed E-state index contributed by atoms with van der Waals surface area (Å²) in [6, 6.07) is 8.49. The monoisotopic (exact) mass is 332 g/mol. The molecule has 1 amide bonds. The molecule has 2 aromatic carbocycles. The van der Waals surface area contributed by atoms with Crippen LogP contribution in [0.3, 0.4) is 0 Å². The van der Waals surface area contributed by atoms with E-state index in [1.54, 1.807) is 12.1 Å². The van der Waals surface area contributed by atoms with Gasteiger partial charge in [-0.3, -0.25) is 4.79 Å². The Morgan fingerprint density at radius 1 is 1.04 bits per heavy atom. The fraction of sp³-hybridized carbons (Fsp3) is 0.176. The van der Waals surface area contributed by atoms with Crippen LogP contribution in [0.25, 0.3) is 0 Å². The summed E-state index contributed by atoms with van der Waals surface area (Å²) in [5.41, 5.74) is 3.20. The summed E-state index contributed by atoms with van der Waals surface area (Å²) in [6.07, 6.45) is 1.40. The van der Waals surface area contributed by atoms with Crippen LogP contribution in [0.15, 0.2) is 41.5 Å². The number of methoxy groups -OCH3 is 3. The second-order valence-electron chi connectivity index (χ2n) is 4.65. The van der Waals surface area contributed by atoms with E-state index in [1.165, 1.54) is 51.8 Å². The van der Waals surface area contributed by atoms with E-state index in [2.05, 4.69) is 10.5 Å². The highest BCUT2D eigenvalue weighted by molar-refractivity contribution is 5.95. The van der Waals surface area contributed by atoms with E-state index in [4.69, 9.17) is 14.2 Å². The highest BCUT2D eigenvalue weighted by Gasteiger charge is 2.12. The molecule has 0 fully saturated rings. The summed E-state index contributed by atoms with van der Waals surface area (Å²) in [7, 11) is 4.54. The van der Waals surface area contributed by atoms with Crippen LogP contribution < -0.4 is 19.6 Å². The van der Waals surface area contributed by atoms with E-state index in [0.717, 1.165) is 0 Å². The molecule has 2 aromatic rings. The first-order valence-electron chi connectivity index (χ1n) is 6.98. The third kappa shape index (κ3) is 4.01. The van der Waals surface area contributed by atoms with Crippen molar-refractivity contribution in [2.75, 3.05) is 21.3 Å². The molecule has 0 spiro atoms. The number of carbonyl (C=O) groups is 1. The second kappa shape index (κ2) is 7.96. The molecule has 0 bridgehead atoms. The van der Waals surface area contributed by atoms with Crippen LogP contribution >= 0.6 is 0 Å². The topological polar surface area (TPSA) is 69.2 Å². The predicted octanol–water partition coefficient (Wildman–Crippen LogP) is 2.62. The maximum absolute atomic E-state index is 12.9. The number of ether oxygens (including phenoxy) is 3. The van der Waals surface area contributed by atoms with E-state index in [9.17, 15) is 9.18 Å². The molecule has 0 aromatic heterocycles. The van der Waals surface area contributed by atoms with Gasteiger partial charge in [-0.2, -0.15) is 5.10 Å².